The van der Waals surface area contributed by atoms with Gasteiger partial charge in [-0.05, 0) is 51.3 Å². The average Bonchev–Trinajstić information content (AvgIpc) is 2.20. The van der Waals surface area contributed by atoms with Crippen molar-refractivity contribution in [2.45, 2.75) is 44.2 Å². The molecule has 0 amide bonds. The molecule has 1 N–H and O–H groups in total. The molecule has 0 aromatic carbocycles. The molecule has 2 heteroatoms. The van der Waals surface area contributed by atoms with E-state index >= 15 is 0 Å². The van der Waals surface area contributed by atoms with Crippen LogP contribution in [0.1, 0.15) is 38.5 Å². The van der Waals surface area contributed by atoms with E-state index in [4.69, 9.17) is 0 Å². The van der Waals surface area contributed by atoms with Crippen molar-refractivity contribution in [1.82, 2.24) is 10.2 Å². The van der Waals surface area contributed by atoms with Gasteiger partial charge in [-0.1, -0.05) is 6.58 Å². The van der Waals surface area contributed by atoms with Gasteiger partial charge in [-0.15, -0.1) is 0 Å². The molecule has 1 spiro atoms. The van der Waals surface area contributed by atoms with Crippen LogP contribution in [0.2, 0.25) is 0 Å². The van der Waals surface area contributed by atoms with Gasteiger partial charge in [0.05, 0.1) is 5.66 Å². The normalized spacial score (nSPS) is 34.9. The second kappa shape index (κ2) is 3.70. The van der Waals surface area contributed by atoms with Crippen LogP contribution >= 0.6 is 0 Å². The van der Waals surface area contributed by atoms with E-state index in [1.807, 2.05) is 6.20 Å². The summed E-state index contributed by atoms with van der Waals surface area (Å²) in [6.45, 7) is 6.30. The van der Waals surface area contributed by atoms with E-state index in [1.165, 1.54) is 51.6 Å². The van der Waals surface area contributed by atoms with Crippen LogP contribution in [0.25, 0.3) is 0 Å². The fourth-order valence-electron chi connectivity index (χ4n) is 2.73. The quantitative estimate of drug-likeness (QED) is 0.664. The Labute approximate surface area is 81.0 Å². The van der Waals surface area contributed by atoms with Gasteiger partial charge in [-0.2, -0.15) is 0 Å². The summed E-state index contributed by atoms with van der Waals surface area (Å²) in [6.07, 6.45) is 10.0. The van der Waals surface area contributed by atoms with Gasteiger partial charge >= 0.3 is 0 Å². The Morgan fingerprint density at radius 2 is 1.92 bits per heavy atom. The first kappa shape index (κ1) is 9.07. The molecule has 2 fully saturated rings. The van der Waals surface area contributed by atoms with Crippen LogP contribution < -0.4 is 5.32 Å². The molecule has 2 rings (SSSR count). The number of likely N-dealkylation sites (tertiary alicyclic amines) is 1. The largest absolute Gasteiger partial charge is 0.360 e. The summed E-state index contributed by atoms with van der Waals surface area (Å²) < 4.78 is 0. The molecule has 2 saturated heterocycles. The Balaban J connectivity index is 2.10. The highest BCUT2D eigenvalue weighted by Gasteiger charge is 2.37. The van der Waals surface area contributed by atoms with Crippen molar-refractivity contribution < 1.29 is 0 Å². The van der Waals surface area contributed by atoms with E-state index < -0.39 is 0 Å². The summed E-state index contributed by atoms with van der Waals surface area (Å²) in [5.74, 6) is 0. The van der Waals surface area contributed by atoms with Gasteiger partial charge in [0.2, 0.25) is 0 Å². The highest BCUT2D eigenvalue weighted by Crippen LogP contribution is 2.32. The Kier molecular flexibility index (Phi) is 2.58. The Bertz CT molecular complexity index is 174. The van der Waals surface area contributed by atoms with Crippen LogP contribution in [0.4, 0.5) is 0 Å². The fourth-order valence-corrected chi connectivity index (χ4v) is 2.73. The maximum Gasteiger partial charge on any atom is 0.0902 e. The fraction of sp³-hybridized carbons (Fsp3) is 0.818. The van der Waals surface area contributed by atoms with Crippen LogP contribution in [-0.4, -0.2) is 23.7 Å². The van der Waals surface area contributed by atoms with E-state index in [-0.39, 0.29) is 5.66 Å². The summed E-state index contributed by atoms with van der Waals surface area (Å²) in [7, 11) is 0. The third kappa shape index (κ3) is 1.60. The van der Waals surface area contributed by atoms with Gasteiger partial charge in [-0.25, -0.2) is 0 Å². The van der Waals surface area contributed by atoms with Gasteiger partial charge in [0.1, 0.15) is 0 Å². The lowest BCUT2D eigenvalue weighted by Gasteiger charge is -2.49. The SMILES string of the molecule is C=CN1CCCCC12CCCCN2. The lowest BCUT2D eigenvalue weighted by atomic mass is 9.87. The van der Waals surface area contributed by atoms with Crippen LogP contribution in [0.3, 0.4) is 0 Å². The molecule has 2 nitrogen and oxygen atoms in total. The van der Waals surface area contributed by atoms with Crippen molar-refractivity contribution in [3.8, 4) is 0 Å². The smallest absolute Gasteiger partial charge is 0.0902 e. The van der Waals surface area contributed by atoms with E-state index in [9.17, 15) is 0 Å². The zero-order valence-corrected chi connectivity index (χ0v) is 8.39. The maximum atomic E-state index is 3.92. The predicted molar refractivity (Wildman–Crippen MR) is 55.3 cm³/mol. The van der Waals surface area contributed by atoms with E-state index in [0.29, 0.717) is 0 Å². The summed E-state index contributed by atoms with van der Waals surface area (Å²) in [6, 6.07) is 0. The van der Waals surface area contributed by atoms with E-state index in [1.54, 1.807) is 0 Å². The first-order valence-corrected chi connectivity index (χ1v) is 5.52. The van der Waals surface area contributed by atoms with Crippen LogP contribution in [-0.2, 0) is 0 Å². The lowest BCUT2D eigenvalue weighted by Crippen LogP contribution is -2.60. The number of rotatable bonds is 1. The Hall–Kier alpha value is -0.500. The average molecular weight is 180 g/mol. The minimum absolute atomic E-state index is 0.290. The molecular weight excluding hydrogens is 160 g/mol. The Morgan fingerprint density at radius 3 is 2.54 bits per heavy atom. The van der Waals surface area contributed by atoms with Crippen molar-refractivity contribution in [3.05, 3.63) is 12.8 Å². The molecule has 0 aromatic heterocycles. The van der Waals surface area contributed by atoms with Crippen molar-refractivity contribution in [1.29, 1.82) is 0 Å². The number of nitrogens with zero attached hydrogens (tertiary/aromatic N) is 1. The third-order valence-electron chi connectivity index (χ3n) is 3.48. The summed E-state index contributed by atoms with van der Waals surface area (Å²) >= 11 is 0. The standard InChI is InChI=1S/C11H20N2/c1-2-13-10-6-4-8-11(13)7-3-5-9-12-11/h2,12H,1,3-10H2. The van der Waals surface area contributed by atoms with E-state index in [2.05, 4.69) is 16.8 Å². The molecular formula is C11H20N2. The van der Waals surface area contributed by atoms with E-state index in [0.717, 1.165) is 0 Å². The van der Waals surface area contributed by atoms with Gasteiger partial charge in [0.15, 0.2) is 0 Å². The van der Waals surface area contributed by atoms with Crippen molar-refractivity contribution >= 4 is 0 Å². The zero-order chi connectivity index (χ0) is 9.15. The molecule has 2 heterocycles. The minimum atomic E-state index is 0.290. The number of hydrogen-bond acceptors (Lipinski definition) is 2. The van der Waals surface area contributed by atoms with Gasteiger partial charge in [0, 0.05) is 6.54 Å². The highest BCUT2D eigenvalue weighted by atomic mass is 15.3. The second-order valence-corrected chi connectivity index (χ2v) is 4.25. The van der Waals surface area contributed by atoms with Gasteiger partial charge in [0.25, 0.3) is 0 Å². The summed E-state index contributed by atoms with van der Waals surface area (Å²) in [4.78, 5) is 2.43. The number of nitrogens with one attached hydrogen (secondary N) is 1. The summed E-state index contributed by atoms with van der Waals surface area (Å²) in [5.41, 5.74) is 0.290. The molecule has 1 atom stereocenters. The van der Waals surface area contributed by atoms with Crippen LogP contribution in [0.5, 0.6) is 0 Å². The molecule has 0 bridgehead atoms. The molecule has 13 heavy (non-hydrogen) atoms. The zero-order valence-electron chi connectivity index (χ0n) is 8.39. The van der Waals surface area contributed by atoms with Crippen LogP contribution in [0, 0.1) is 0 Å². The van der Waals surface area contributed by atoms with Crippen molar-refractivity contribution in [2.75, 3.05) is 13.1 Å². The molecule has 2 aliphatic rings. The molecule has 0 aliphatic carbocycles. The highest BCUT2D eigenvalue weighted by molar-refractivity contribution is 4.97. The molecule has 2 aliphatic heterocycles. The molecule has 0 aromatic rings. The minimum Gasteiger partial charge on any atom is -0.360 e. The monoisotopic (exact) mass is 180 g/mol. The third-order valence-corrected chi connectivity index (χ3v) is 3.48. The van der Waals surface area contributed by atoms with Crippen molar-refractivity contribution in [2.24, 2.45) is 0 Å². The molecule has 0 saturated carbocycles. The van der Waals surface area contributed by atoms with Gasteiger partial charge < -0.3 is 4.90 Å². The number of hydrogen-bond donors (Lipinski definition) is 1. The first-order chi connectivity index (χ1) is 6.37. The Morgan fingerprint density at radius 1 is 1.15 bits per heavy atom. The summed E-state index contributed by atoms with van der Waals surface area (Å²) in [5, 5.41) is 3.69. The second-order valence-electron chi connectivity index (χ2n) is 4.25. The lowest BCUT2D eigenvalue weighted by molar-refractivity contribution is 0.0350. The predicted octanol–water partition coefficient (Wildman–Crippen LogP) is 2.09. The topological polar surface area (TPSA) is 15.3 Å². The molecule has 74 valence electrons. The number of piperidine rings is 2. The molecule has 1 unspecified atom stereocenters. The van der Waals surface area contributed by atoms with Crippen LogP contribution in [0.15, 0.2) is 12.8 Å². The molecule has 0 radical (unpaired) electrons. The maximum absolute atomic E-state index is 3.92. The van der Waals surface area contributed by atoms with Crippen molar-refractivity contribution in [3.63, 3.8) is 0 Å². The van der Waals surface area contributed by atoms with Gasteiger partial charge in [-0.3, -0.25) is 5.32 Å². The first-order valence-electron chi connectivity index (χ1n) is 5.52.